The lowest BCUT2D eigenvalue weighted by atomic mass is 10.0. The summed E-state index contributed by atoms with van der Waals surface area (Å²) in [6.07, 6.45) is 2.88. The van der Waals surface area contributed by atoms with Crippen LogP contribution in [0.3, 0.4) is 0 Å². The molecule has 0 spiro atoms. The quantitative estimate of drug-likeness (QED) is 0.501. The van der Waals surface area contributed by atoms with Crippen LogP contribution in [0, 0.1) is 0 Å². The number of nitrogens with one attached hydrogen (secondary N) is 2. The summed E-state index contributed by atoms with van der Waals surface area (Å²) in [5, 5.41) is 6.36. The molecule has 3 rings (SSSR count). The first kappa shape index (κ1) is 16.6. The van der Waals surface area contributed by atoms with E-state index >= 15 is 0 Å². The van der Waals surface area contributed by atoms with Gasteiger partial charge in [-0.05, 0) is 55.3 Å². The molecule has 2 aromatic carbocycles. The number of carbonyl (C=O) groups is 1. The van der Waals surface area contributed by atoms with Crippen molar-refractivity contribution in [3.05, 3.63) is 58.2 Å². The lowest BCUT2D eigenvalue weighted by Crippen LogP contribution is -2.10. The van der Waals surface area contributed by atoms with Crippen molar-refractivity contribution in [3.63, 3.8) is 0 Å². The zero-order chi connectivity index (χ0) is 17.1. The van der Waals surface area contributed by atoms with E-state index in [1.807, 2.05) is 36.4 Å². The maximum absolute atomic E-state index is 12.5. The van der Waals surface area contributed by atoms with Gasteiger partial charge in [0.1, 0.15) is 0 Å². The maximum Gasteiger partial charge on any atom is 0.258 e. The fourth-order valence-electron chi connectivity index (χ4n) is 2.80. The monoisotopic (exact) mass is 385 g/mol. The second kappa shape index (κ2) is 7.09. The molecule has 0 atom stereocenters. The molecule has 0 unspecified atom stereocenters. The van der Waals surface area contributed by atoms with Gasteiger partial charge in [0.05, 0.1) is 5.57 Å². The summed E-state index contributed by atoms with van der Waals surface area (Å²) < 4.78 is 1.02. The third-order valence-corrected chi connectivity index (χ3v) is 4.54. The van der Waals surface area contributed by atoms with Crippen molar-refractivity contribution in [2.45, 2.75) is 26.2 Å². The highest BCUT2D eigenvalue weighted by atomic mass is 79.9. The van der Waals surface area contributed by atoms with Crippen LogP contribution in [0.5, 0.6) is 0 Å². The number of anilines is 3. The van der Waals surface area contributed by atoms with Crippen LogP contribution < -0.4 is 16.4 Å². The summed E-state index contributed by atoms with van der Waals surface area (Å²) in [6, 6.07) is 13.4. The van der Waals surface area contributed by atoms with Gasteiger partial charge in [-0.3, -0.25) is 4.79 Å². The highest BCUT2D eigenvalue weighted by Crippen LogP contribution is 2.36. The Labute approximate surface area is 150 Å². The number of nitrogen functional groups attached to an aromatic ring is 1. The Morgan fingerprint density at radius 1 is 1.21 bits per heavy atom. The average molecular weight is 386 g/mol. The van der Waals surface area contributed by atoms with E-state index < -0.39 is 0 Å². The predicted octanol–water partition coefficient (Wildman–Crippen LogP) is 5.00. The van der Waals surface area contributed by atoms with Crippen LogP contribution in [-0.4, -0.2) is 5.91 Å². The number of fused-ring (bicyclic) bond motifs is 1. The summed E-state index contributed by atoms with van der Waals surface area (Å²) >= 11 is 3.44. The van der Waals surface area contributed by atoms with Gasteiger partial charge in [0.15, 0.2) is 0 Å². The van der Waals surface area contributed by atoms with E-state index in [9.17, 15) is 4.79 Å². The fourth-order valence-corrected chi connectivity index (χ4v) is 3.06. The minimum absolute atomic E-state index is 0.0775. The molecule has 2 aromatic rings. The maximum atomic E-state index is 12.5. The van der Waals surface area contributed by atoms with Crippen molar-refractivity contribution >= 4 is 44.5 Å². The van der Waals surface area contributed by atoms with Gasteiger partial charge < -0.3 is 16.4 Å². The van der Waals surface area contributed by atoms with Gasteiger partial charge in [-0.25, -0.2) is 0 Å². The number of hydrogen-bond acceptors (Lipinski definition) is 3. The molecule has 0 radical (unpaired) electrons. The van der Waals surface area contributed by atoms with Crippen LogP contribution in [0.2, 0.25) is 0 Å². The van der Waals surface area contributed by atoms with Crippen molar-refractivity contribution in [1.29, 1.82) is 0 Å². The zero-order valence-corrected chi connectivity index (χ0v) is 15.1. The van der Waals surface area contributed by atoms with Gasteiger partial charge in [-0.1, -0.05) is 29.3 Å². The lowest BCUT2D eigenvalue weighted by molar-refractivity contribution is -0.110. The van der Waals surface area contributed by atoms with Crippen molar-refractivity contribution in [2.24, 2.45) is 0 Å². The molecule has 124 valence electrons. The number of amides is 1. The first-order valence-electron chi connectivity index (χ1n) is 8.05. The Kier molecular flexibility index (Phi) is 4.90. The third-order valence-electron chi connectivity index (χ3n) is 4.01. The molecule has 24 heavy (non-hydrogen) atoms. The molecule has 1 heterocycles. The van der Waals surface area contributed by atoms with Crippen molar-refractivity contribution in [2.75, 3.05) is 16.4 Å². The standard InChI is InChI=1S/C19H20BrN3O/c1-2-3-4-17(22-14-8-5-12(20)6-9-14)18-15-11-13(21)7-10-16(15)23-19(18)24/h5-11,22H,2-4,21H2,1H3,(H,23,24)/b18-17-. The highest BCUT2D eigenvalue weighted by Gasteiger charge is 2.27. The van der Waals surface area contributed by atoms with Crippen LogP contribution in [0.1, 0.15) is 31.7 Å². The van der Waals surface area contributed by atoms with E-state index in [0.717, 1.165) is 46.4 Å². The lowest BCUT2D eigenvalue weighted by Gasteiger charge is -2.14. The van der Waals surface area contributed by atoms with E-state index in [2.05, 4.69) is 33.5 Å². The summed E-state index contributed by atoms with van der Waals surface area (Å²) in [4.78, 5) is 12.5. The zero-order valence-electron chi connectivity index (χ0n) is 13.5. The number of hydrogen-bond donors (Lipinski definition) is 3. The number of unbranched alkanes of at least 4 members (excludes halogenated alkanes) is 1. The van der Waals surface area contributed by atoms with Crippen LogP contribution >= 0.6 is 15.9 Å². The topological polar surface area (TPSA) is 67.2 Å². The fraction of sp³-hybridized carbons (Fsp3) is 0.211. The molecule has 4 N–H and O–H groups in total. The molecule has 1 amide bonds. The Morgan fingerprint density at radius 3 is 2.67 bits per heavy atom. The smallest absolute Gasteiger partial charge is 0.258 e. The molecule has 0 aromatic heterocycles. The van der Waals surface area contributed by atoms with E-state index in [1.54, 1.807) is 6.07 Å². The Bertz CT molecular complexity index is 797. The van der Waals surface area contributed by atoms with Gasteiger partial charge in [0.2, 0.25) is 0 Å². The van der Waals surface area contributed by atoms with E-state index in [-0.39, 0.29) is 5.91 Å². The predicted molar refractivity (Wildman–Crippen MR) is 104 cm³/mol. The van der Waals surface area contributed by atoms with Crippen molar-refractivity contribution in [3.8, 4) is 0 Å². The number of rotatable bonds is 5. The van der Waals surface area contributed by atoms with Crippen molar-refractivity contribution < 1.29 is 4.79 Å². The molecule has 1 aliphatic heterocycles. The Hall–Kier alpha value is -2.27. The van der Waals surface area contributed by atoms with E-state index in [4.69, 9.17) is 5.73 Å². The third kappa shape index (κ3) is 3.46. The van der Waals surface area contributed by atoms with E-state index in [1.165, 1.54) is 0 Å². The summed E-state index contributed by atoms with van der Waals surface area (Å²) in [6.45, 7) is 2.14. The van der Waals surface area contributed by atoms with Crippen LogP contribution in [-0.2, 0) is 4.79 Å². The number of benzene rings is 2. The summed E-state index contributed by atoms with van der Waals surface area (Å²) in [5.41, 5.74) is 10.8. The molecular formula is C19H20BrN3O. The largest absolute Gasteiger partial charge is 0.399 e. The molecule has 0 fully saturated rings. The Morgan fingerprint density at radius 2 is 1.96 bits per heavy atom. The second-order valence-electron chi connectivity index (χ2n) is 5.85. The highest BCUT2D eigenvalue weighted by molar-refractivity contribution is 9.10. The number of halogens is 1. The summed E-state index contributed by atoms with van der Waals surface area (Å²) in [5.74, 6) is -0.0775. The SMILES string of the molecule is CCCC/C(Nc1ccc(Br)cc1)=C1/C(=O)Nc2ccc(N)cc21. The first-order chi connectivity index (χ1) is 11.6. The van der Waals surface area contributed by atoms with Crippen LogP contribution in [0.25, 0.3) is 5.57 Å². The molecule has 5 heteroatoms. The number of nitrogens with two attached hydrogens (primary N) is 1. The molecular weight excluding hydrogens is 366 g/mol. The molecule has 0 bridgehead atoms. The molecule has 0 aliphatic carbocycles. The van der Waals surface area contributed by atoms with Crippen LogP contribution in [0.4, 0.5) is 17.1 Å². The minimum Gasteiger partial charge on any atom is -0.399 e. The van der Waals surface area contributed by atoms with Crippen LogP contribution in [0.15, 0.2) is 52.6 Å². The van der Waals surface area contributed by atoms with E-state index in [0.29, 0.717) is 11.3 Å². The number of carbonyl (C=O) groups excluding carboxylic acids is 1. The van der Waals surface area contributed by atoms with Gasteiger partial charge in [-0.15, -0.1) is 0 Å². The molecule has 1 aliphatic rings. The molecule has 0 saturated heterocycles. The minimum atomic E-state index is -0.0775. The van der Waals surface area contributed by atoms with Gasteiger partial charge >= 0.3 is 0 Å². The van der Waals surface area contributed by atoms with Gasteiger partial charge in [-0.2, -0.15) is 0 Å². The van der Waals surface area contributed by atoms with Crippen molar-refractivity contribution in [1.82, 2.24) is 0 Å². The normalized spacial score (nSPS) is 15.0. The summed E-state index contributed by atoms with van der Waals surface area (Å²) in [7, 11) is 0. The second-order valence-corrected chi connectivity index (χ2v) is 6.76. The molecule has 4 nitrogen and oxygen atoms in total. The molecule has 0 saturated carbocycles. The average Bonchev–Trinajstić information content (AvgIpc) is 2.88. The van der Waals surface area contributed by atoms with Gasteiger partial charge in [0.25, 0.3) is 5.91 Å². The number of allylic oxidation sites excluding steroid dienone is 1. The Balaban J connectivity index is 2.04. The first-order valence-corrected chi connectivity index (χ1v) is 8.84. The van der Waals surface area contributed by atoms with Gasteiger partial charge in [0, 0.05) is 32.8 Å².